The van der Waals surface area contributed by atoms with E-state index in [-0.39, 0.29) is 0 Å². The molecule has 0 bridgehead atoms. The van der Waals surface area contributed by atoms with Gasteiger partial charge in [-0.2, -0.15) is 0 Å². The van der Waals surface area contributed by atoms with Crippen molar-refractivity contribution in [3.8, 4) is 0 Å². The molecule has 0 amide bonds. The van der Waals surface area contributed by atoms with Crippen molar-refractivity contribution in [2.45, 2.75) is 26.7 Å². The Bertz CT molecular complexity index is 143. The summed E-state index contributed by atoms with van der Waals surface area (Å²) >= 11 is 0. The SMILES string of the molecule is C=CN=C(/C=C\C)CCC. The van der Waals surface area contributed by atoms with Gasteiger partial charge < -0.3 is 0 Å². The van der Waals surface area contributed by atoms with Gasteiger partial charge >= 0.3 is 0 Å². The van der Waals surface area contributed by atoms with Crippen LogP contribution in [-0.2, 0) is 0 Å². The maximum atomic E-state index is 4.10. The lowest BCUT2D eigenvalue weighted by Crippen LogP contribution is -1.90. The van der Waals surface area contributed by atoms with Crippen molar-refractivity contribution in [1.29, 1.82) is 0 Å². The zero-order valence-corrected chi connectivity index (χ0v) is 6.80. The Morgan fingerprint density at radius 3 is 2.70 bits per heavy atom. The van der Waals surface area contributed by atoms with E-state index < -0.39 is 0 Å². The van der Waals surface area contributed by atoms with Crippen molar-refractivity contribution in [3.63, 3.8) is 0 Å². The summed E-state index contributed by atoms with van der Waals surface area (Å²) in [5.74, 6) is 0. The molecule has 0 aliphatic heterocycles. The van der Waals surface area contributed by atoms with Gasteiger partial charge in [-0.3, -0.25) is 4.99 Å². The first-order valence-corrected chi connectivity index (χ1v) is 3.65. The average molecular weight is 137 g/mol. The van der Waals surface area contributed by atoms with E-state index in [1.165, 1.54) is 0 Å². The van der Waals surface area contributed by atoms with Crippen LogP contribution in [0.25, 0.3) is 0 Å². The van der Waals surface area contributed by atoms with Gasteiger partial charge in [-0.1, -0.05) is 26.0 Å². The van der Waals surface area contributed by atoms with Crippen LogP contribution in [0.5, 0.6) is 0 Å². The lowest BCUT2D eigenvalue weighted by Gasteiger charge is -1.93. The molecule has 0 aliphatic rings. The van der Waals surface area contributed by atoms with E-state index in [9.17, 15) is 0 Å². The average Bonchev–Trinajstić information content (AvgIpc) is 1.90. The molecule has 0 radical (unpaired) electrons. The molecule has 0 spiro atoms. The van der Waals surface area contributed by atoms with Gasteiger partial charge in [-0.25, -0.2) is 0 Å². The van der Waals surface area contributed by atoms with E-state index in [0.717, 1.165) is 18.6 Å². The van der Waals surface area contributed by atoms with Gasteiger partial charge in [0.2, 0.25) is 0 Å². The zero-order chi connectivity index (χ0) is 7.82. The van der Waals surface area contributed by atoms with E-state index in [0.29, 0.717) is 0 Å². The molecule has 0 heterocycles. The summed E-state index contributed by atoms with van der Waals surface area (Å²) in [4.78, 5) is 4.10. The molecule has 0 saturated heterocycles. The molecule has 0 unspecified atom stereocenters. The van der Waals surface area contributed by atoms with Crippen LogP contribution in [-0.4, -0.2) is 5.71 Å². The summed E-state index contributed by atoms with van der Waals surface area (Å²) in [6.45, 7) is 7.68. The predicted octanol–water partition coefficient (Wildman–Crippen LogP) is 2.95. The van der Waals surface area contributed by atoms with Crippen LogP contribution < -0.4 is 0 Å². The highest BCUT2D eigenvalue weighted by Crippen LogP contribution is 1.94. The van der Waals surface area contributed by atoms with Gasteiger partial charge in [0.15, 0.2) is 0 Å². The van der Waals surface area contributed by atoms with Crippen molar-refractivity contribution in [2.75, 3.05) is 0 Å². The molecule has 0 saturated carbocycles. The second-order valence-electron chi connectivity index (χ2n) is 2.05. The monoisotopic (exact) mass is 137 g/mol. The van der Waals surface area contributed by atoms with Gasteiger partial charge in [-0.15, -0.1) is 0 Å². The smallest absolute Gasteiger partial charge is 0.0399 e. The summed E-state index contributed by atoms with van der Waals surface area (Å²) < 4.78 is 0. The van der Waals surface area contributed by atoms with Gasteiger partial charge in [0, 0.05) is 11.9 Å². The van der Waals surface area contributed by atoms with Crippen molar-refractivity contribution in [3.05, 3.63) is 24.9 Å². The molecule has 0 N–H and O–H groups in total. The third kappa shape index (κ3) is 4.07. The van der Waals surface area contributed by atoms with Crippen LogP contribution >= 0.6 is 0 Å². The van der Waals surface area contributed by atoms with Gasteiger partial charge in [0.1, 0.15) is 0 Å². The molecule has 1 nitrogen and oxygen atoms in total. The van der Waals surface area contributed by atoms with E-state index >= 15 is 0 Å². The summed E-state index contributed by atoms with van der Waals surface area (Å²) in [5.41, 5.74) is 1.11. The van der Waals surface area contributed by atoms with Crippen LogP contribution in [0.3, 0.4) is 0 Å². The molecule has 10 heavy (non-hydrogen) atoms. The topological polar surface area (TPSA) is 12.4 Å². The second kappa shape index (κ2) is 6.27. The summed E-state index contributed by atoms with van der Waals surface area (Å²) in [7, 11) is 0. The van der Waals surface area contributed by atoms with Crippen molar-refractivity contribution in [2.24, 2.45) is 4.99 Å². The number of nitrogens with zero attached hydrogens (tertiary/aromatic N) is 1. The number of aliphatic imine (C=N–C) groups is 1. The van der Waals surface area contributed by atoms with Crippen molar-refractivity contribution < 1.29 is 0 Å². The van der Waals surface area contributed by atoms with E-state index in [4.69, 9.17) is 0 Å². The first-order valence-electron chi connectivity index (χ1n) is 3.65. The van der Waals surface area contributed by atoms with E-state index in [2.05, 4.69) is 18.5 Å². The maximum absolute atomic E-state index is 4.10. The first kappa shape index (κ1) is 9.15. The summed E-state index contributed by atoms with van der Waals surface area (Å²) in [6, 6.07) is 0. The van der Waals surface area contributed by atoms with Crippen LogP contribution in [0.15, 0.2) is 29.9 Å². The molecule has 1 heteroatoms. The highest BCUT2D eigenvalue weighted by molar-refractivity contribution is 5.95. The lowest BCUT2D eigenvalue weighted by atomic mass is 10.2. The fourth-order valence-corrected chi connectivity index (χ4v) is 0.757. The minimum Gasteiger partial charge on any atom is -0.262 e. The second-order valence-corrected chi connectivity index (χ2v) is 2.05. The highest BCUT2D eigenvalue weighted by atomic mass is 14.7. The van der Waals surface area contributed by atoms with Crippen molar-refractivity contribution >= 4 is 5.71 Å². The normalized spacial score (nSPS) is 12.4. The maximum Gasteiger partial charge on any atom is 0.0399 e. The quantitative estimate of drug-likeness (QED) is 0.528. The fraction of sp³-hybridized carbons (Fsp3) is 0.444. The Balaban J connectivity index is 3.96. The molecule has 0 atom stereocenters. The number of hydrogen-bond donors (Lipinski definition) is 0. The molecule has 0 rings (SSSR count). The highest BCUT2D eigenvalue weighted by Gasteiger charge is 1.87. The summed E-state index contributed by atoms with van der Waals surface area (Å²) in [5, 5.41) is 0. The van der Waals surface area contributed by atoms with E-state index in [1.54, 1.807) is 6.20 Å². The Morgan fingerprint density at radius 2 is 2.30 bits per heavy atom. The number of hydrogen-bond acceptors (Lipinski definition) is 1. The molecule has 0 aromatic heterocycles. The zero-order valence-electron chi connectivity index (χ0n) is 6.80. The van der Waals surface area contributed by atoms with Crippen LogP contribution in [0, 0.1) is 0 Å². The Kier molecular flexibility index (Phi) is 5.74. The minimum absolute atomic E-state index is 1.04. The molecular formula is C9H15N. The predicted molar refractivity (Wildman–Crippen MR) is 47.4 cm³/mol. The van der Waals surface area contributed by atoms with E-state index in [1.807, 2.05) is 19.1 Å². The van der Waals surface area contributed by atoms with Crippen molar-refractivity contribution in [1.82, 2.24) is 0 Å². The number of allylic oxidation sites excluding steroid dienone is 2. The lowest BCUT2D eigenvalue weighted by molar-refractivity contribution is 0.995. The van der Waals surface area contributed by atoms with Crippen LogP contribution in [0.2, 0.25) is 0 Å². The van der Waals surface area contributed by atoms with Gasteiger partial charge in [-0.05, 0) is 19.4 Å². The molecule has 0 aromatic rings. The molecule has 0 aliphatic carbocycles. The Morgan fingerprint density at radius 1 is 1.60 bits per heavy atom. The third-order valence-electron chi connectivity index (χ3n) is 1.12. The summed E-state index contributed by atoms with van der Waals surface area (Å²) in [6.07, 6.45) is 7.78. The third-order valence-corrected chi connectivity index (χ3v) is 1.12. The largest absolute Gasteiger partial charge is 0.262 e. The van der Waals surface area contributed by atoms with Gasteiger partial charge in [0.25, 0.3) is 0 Å². The minimum atomic E-state index is 1.04. The Hall–Kier alpha value is -0.850. The van der Waals surface area contributed by atoms with Crippen LogP contribution in [0.1, 0.15) is 26.7 Å². The molecule has 0 aromatic carbocycles. The van der Waals surface area contributed by atoms with Crippen LogP contribution in [0.4, 0.5) is 0 Å². The molecule has 0 fully saturated rings. The first-order chi connectivity index (χ1) is 4.85. The fourth-order valence-electron chi connectivity index (χ4n) is 0.757. The standard InChI is InChI=1S/C9H15N/c1-4-7-9(8-5-2)10-6-3/h4,6-7H,3,5,8H2,1-2H3/b7-4-,10-9?. The number of rotatable bonds is 4. The molecule has 56 valence electrons. The van der Waals surface area contributed by atoms with Gasteiger partial charge in [0.05, 0.1) is 0 Å². The molecular weight excluding hydrogens is 122 g/mol. The Labute approximate surface area is 63.2 Å².